The Morgan fingerprint density at radius 2 is 2.20 bits per heavy atom. The average Bonchev–Trinajstić information content (AvgIpc) is 3.15. The van der Waals surface area contributed by atoms with E-state index in [1.165, 1.54) is 0 Å². The quantitative estimate of drug-likeness (QED) is 0.770. The van der Waals surface area contributed by atoms with Crippen molar-refractivity contribution in [2.45, 2.75) is 57.7 Å². The van der Waals surface area contributed by atoms with Crippen LogP contribution in [0.5, 0.6) is 0 Å². The molecule has 2 fully saturated rings. The second-order valence-corrected chi connectivity index (χ2v) is 6.62. The monoisotopic (exact) mass is 284 g/mol. The largest absolute Gasteiger partial charge is 0.480 e. The third-order valence-corrected chi connectivity index (χ3v) is 4.21. The van der Waals surface area contributed by atoms with E-state index in [9.17, 15) is 9.90 Å². The van der Waals surface area contributed by atoms with Gasteiger partial charge in [0.05, 0.1) is 6.10 Å². The number of aliphatic carboxylic acids is 1. The van der Waals surface area contributed by atoms with Crippen molar-refractivity contribution < 1.29 is 14.6 Å². The number of carboxylic acids is 1. The van der Waals surface area contributed by atoms with E-state index in [1.54, 1.807) is 0 Å². The van der Waals surface area contributed by atoms with Crippen LogP contribution >= 0.6 is 0 Å². The molecule has 116 valence electrons. The van der Waals surface area contributed by atoms with Crippen molar-refractivity contribution in [1.82, 2.24) is 10.2 Å². The summed E-state index contributed by atoms with van der Waals surface area (Å²) in [5.41, 5.74) is -0.793. The van der Waals surface area contributed by atoms with Crippen molar-refractivity contribution in [2.24, 2.45) is 5.92 Å². The Morgan fingerprint density at radius 3 is 2.75 bits per heavy atom. The molecule has 1 heterocycles. The smallest absolute Gasteiger partial charge is 0.325 e. The molecule has 0 spiro atoms. The van der Waals surface area contributed by atoms with Crippen LogP contribution < -0.4 is 5.32 Å². The predicted molar refractivity (Wildman–Crippen MR) is 77.8 cm³/mol. The fraction of sp³-hybridized carbons (Fsp3) is 0.933. The highest BCUT2D eigenvalue weighted by molar-refractivity contribution is 5.80. The molecule has 2 aliphatic rings. The number of carboxylic acid groups (broad SMARTS) is 1. The summed E-state index contributed by atoms with van der Waals surface area (Å²) in [5.74, 6) is -0.437. The lowest BCUT2D eigenvalue weighted by Crippen LogP contribution is -2.63. The molecule has 1 aliphatic carbocycles. The van der Waals surface area contributed by atoms with E-state index in [2.05, 4.69) is 17.1 Å². The van der Waals surface area contributed by atoms with Crippen LogP contribution in [0.1, 0.15) is 40.0 Å². The van der Waals surface area contributed by atoms with E-state index >= 15 is 0 Å². The first kappa shape index (κ1) is 15.7. The molecule has 20 heavy (non-hydrogen) atoms. The number of hydrogen-bond donors (Lipinski definition) is 2. The van der Waals surface area contributed by atoms with Gasteiger partial charge >= 0.3 is 5.97 Å². The molecule has 5 nitrogen and oxygen atoms in total. The van der Waals surface area contributed by atoms with Crippen molar-refractivity contribution in [3.05, 3.63) is 0 Å². The van der Waals surface area contributed by atoms with Crippen molar-refractivity contribution in [3.63, 3.8) is 0 Å². The lowest BCUT2D eigenvalue weighted by atomic mass is 9.91. The molecule has 0 bridgehead atoms. The summed E-state index contributed by atoms with van der Waals surface area (Å²) in [6.07, 6.45) is 3.20. The van der Waals surface area contributed by atoms with Crippen LogP contribution in [0.15, 0.2) is 0 Å². The lowest BCUT2D eigenvalue weighted by molar-refractivity contribution is -0.147. The molecule has 2 rings (SSSR count). The molecule has 0 aromatic rings. The molecule has 2 N–H and O–H groups in total. The summed E-state index contributed by atoms with van der Waals surface area (Å²) in [7, 11) is 0. The van der Waals surface area contributed by atoms with Crippen molar-refractivity contribution in [2.75, 3.05) is 26.2 Å². The maximum absolute atomic E-state index is 12.0. The molecule has 1 saturated carbocycles. The first-order chi connectivity index (χ1) is 9.44. The molecule has 0 aromatic carbocycles. The molecule has 0 aromatic heterocycles. The van der Waals surface area contributed by atoms with Crippen molar-refractivity contribution in [3.8, 4) is 0 Å². The van der Waals surface area contributed by atoms with Crippen LogP contribution in [0.3, 0.4) is 0 Å². The summed E-state index contributed by atoms with van der Waals surface area (Å²) in [4.78, 5) is 14.2. The summed E-state index contributed by atoms with van der Waals surface area (Å²) in [6.45, 7) is 9.21. The number of nitrogens with one attached hydrogen (secondary N) is 1. The molecular formula is C15H28N2O3. The van der Waals surface area contributed by atoms with Gasteiger partial charge in [-0.3, -0.25) is 15.0 Å². The highest BCUT2D eigenvalue weighted by atomic mass is 16.5. The van der Waals surface area contributed by atoms with Gasteiger partial charge in [-0.1, -0.05) is 0 Å². The number of ether oxygens (including phenoxy) is 1. The van der Waals surface area contributed by atoms with E-state index in [0.717, 1.165) is 39.0 Å². The second-order valence-electron chi connectivity index (χ2n) is 6.62. The van der Waals surface area contributed by atoms with Crippen LogP contribution in [0.25, 0.3) is 0 Å². The summed E-state index contributed by atoms with van der Waals surface area (Å²) in [6, 6.07) is 0.173. The molecule has 1 aliphatic heterocycles. The number of hydrogen-bond acceptors (Lipinski definition) is 4. The highest BCUT2D eigenvalue weighted by Gasteiger charge is 2.52. The van der Waals surface area contributed by atoms with Crippen LogP contribution in [0.4, 0.5) is 0 Å². The Kier molecular flexibility index (Phi) is 5.04. The van der Waals surface area contributed by atoms with E-state index in [1.807, 2.05) is 13.8 Å². The molecule has 5 heteroatoms. The van der Waals surface area contributed by atoms with Gasteiger partial charge in [-0.25, -0.2) is 0 Å². The second kappa shape index (κ2) is 6.41. The molecular weight excluding hydrogens is 256 g/mol. The summed E-state index contributed by atoms with van der Waals surface area (Å²) >= 11 is 0. The van der Waals surface area contributed by atoms with Gasteiger partial charge in [0.15, 0.2) is 0 Å². The number of nitrogens with zero attached hydrogens (tertiary/aromatic N) is 1. The zero-order valence-corrected chi connectivity index (χ0v) is 12.9. The van der Waals surface area contributed by atoms with Crippen molar-refractivity contribution >= 4 is 5.97 Å². The Morgan fingerprint density at radius 1 is 1.50 bits per heavy atom. The maximum atomic E-state index is 12.0. The average molecular weight is 284 g/mol. The van der Waals surface area contributed by atoms with E-state index in [4.69, 9.17) is 4.74 Å². The Hall–Kier alpha value is -0.650. The minimum absolute atomic E-state index is 0.173. The van der Waals surface area contributed by atoms with Gasteiger partial charge in [-0.2, -0.15) is 0 Å². The van der Waals surface area contributed by atoms with Crippen LogP contribution in [0, 0.1) is 5.92 Å². The van der Waals surface area contributed by atoms with Gasteiger partial charge in [-0.15, -0.1) is 0 Å². The third-order valence-electron chi connectivity index (χ3n) is 4.21. The Labute approximate surface area is 121 Å². The first-order valence-electron chi connectivity index (χ1n) is 7.79. The Balaban J connectivity index is 2.11. The highest BCUT2D eigenvalue weighted by Crippen LogP contribution is 2.41. The number of carbonyl (C=O) groups is 1. The summed E-state index contributed by atoms with van der Waals surface area (Å²) in [5, 5.41) is 13.2. The number of rotatable bonds is 6. The minimum atomic E-state index is -0.793. The van der Waals surface area contributed by atoms with Gasteiger partial charge in [0.2, 0.25) is 0 Å². The van der Waals surface area contributed by atoms with E-state index in [0.29, 0.717) is 6.54 Å². The van der Waals surface area contributed by atoms with Crippen molar-refractivity contribution in [1.29, 1.82) is 0 Å². The molecule has 0 amide bonds. The molecule has 2 atom stereocenters. The van der Waals surface area contributed by atoms with Crippen LogP contribution in [-0.4, -0.2) is 59.9 Å². The van der Waals surface area contributed by atoms with Crippen LogP contribution in [-0.2, 0) is 9.53 Å². The van der Waals surface area contributed by atoms with Crippen LogP contribution in [0.2, 0.25) is 0 Å². The fourth-order valence-electron chi connectivity index (χ4n) is 3.26. The van der Waals surface area contributed by atoms with Gasteiger partial charge in [0.1, 0.15) is 5.54 Å². The SMILES string of the molecule is CC(C)NC(CN1CCCOC(C)C1)(C(=O)O)C1CC1. The van der Waals surface area contributed by atoms with Gasteiger partial charge in [0.25, 0.3) is 0 Å². The van der Waals surface area contributed by atoms with Gasteiger partial charge < -0.3 is 9.84 Å². The fourth-order valence-corrected chi connectivity index (χ4v) is 3.26. The van der Waals surface area contributed by atoms with Gasteiger partial charge in [-0.05, 0) is 46.0 Å². The first-order valence-corrected chi connectivity index (χ1v) is 7.79. The molecule has 0 radical (unpaired) electrons. The predicted octanol–water partition coefficient (Wildman–Crippen LogP) is 1.33. The van der Waals surface area contributed by atoms with Gasteiger partial charge in [0, 0.05) is 32.3 Å². The third kappa shape index (κ3) is 3.71. The Bertz CT molecular complexity index is 344. The maximum Gasteiger partial charge on any atom is 0.325 e. The van der Waals surface area contributed by atoms with E-state index in [-0.39, 0.29) is 18.1 Å². The standard InChI is InChI=1S/C15H28N2O3/c1-11(2)16-15(14(18)19,13-5-6-13)10-17-7-4-8-20-12(3)9-17/h11-13,16H,4-10H2,1-3H3,(H,18,19). The normalized spacial score (nSPS) is 28.1. The lowest BCUT2D eigenvalue weighted by Gasteiger charge is -2.37. The topological polar surface area (TPSA) is 61.8 Å². The zero-order chi connectivity index (χ0) is 14.8. The molecule has 2 unspecified atom stereocenters. The van der Waals surface area contributed by atoms with E-state index < -0.39 is 11.5 Å². The molecule has 1 saturated heterocycles. The minimum Gasteiger partial charge on any atom is -0.480 e. The summed E-state index contributed by atoms with van der Waals surface area (Å²) < 4.78 is 5.66. The zero-order valence-electron chi connectivity index (χ0n) is 12.9.